The van der Waals surface area contributed by atoms with Gasteiger partial charge in [-0.3, -0.25) is 14.7 Å². The van der Waals surface area contributed by atoms with E-state index in [0.717, 1.165) is 21.6 Å². The number of hydrogen-bond donors (Lipinski definition) is 0. The molecule has 2 aromatic carbocycles. The van der Waals surface area contributed by atoms with Gasteiger partial charge < -0.3 is 14.2 Å². The molecule has 0 saturated heterocycles. The maximum atomic E-state index is 13.5. The lowest BCUT2D eigenvalue weighted by atomic mass is 10.1. The van der Waals surface area contributed by atoms with Crippen molar-refractivity contribution in [3.63, 3.8) is 0 Å². The molecule has 4 aromatic rings. The molecule has 0 unspecified atom stereocenters. The second kappa shape index (κ2) is 10.3. The molecule has 2 aromatic heterocycles. The fraction of sp³-hybridized carbons (Fsp3) is 0.240. The first-order valence-corrected chi connectivity index (χ1v) is 11.4. The molecule has 0 atom stereocenters. The summed E-state index contributed by atoms with van der Waals surface area (Å²) in [6, 6.07) is 15.0. The summed E-state index contributed by atoms with van der Waals surface area (Å²) in [7, 11) is 3.22. The van der Waals surface area contributed by atoms with Crippen LogP contribution in [0.2, 0.25) is 0 Å². The van der Waals surface area contributed by atoms with E-state index in [1.165, 1.54) is 11.3 Å². The second-order valence-corrected chi connectivity index (χ2v) is 8.22. The van der Waals surface area contributed by atoms with Crippen LogP contribution in [0.25, 0.3) is 10.2 Å². The second-order valence-electron chi connectivity index (χ2n) is 7.24. The molecule has 7 nitrogen and oxygen atoms in total. The molecule has 33 heavy (non-hydrogen) atoms. The van der Waals surface area contributed by atoms with E-state index in [0.29, 0.717) is 35.3 Å². The van der Waals surface area contributed by atoms with E-state index in [1.54, 1.807) is 31.5 Å². The predicted octanol–water partition coefficient (Wildman–Crippen LogP) is 4.88. The van der Waals surface area contributed by atoms with Crippen molar-refractivity contribution in [2.24, 2.45) is 0 Å². The van der Waals surface area contributed by atoms with E-state index >= 15 is 0 Å². The maximum Gasteiger partial charge on any atom is 0.233 e. The number of benzene rings is 2. The van der Waals surface area contributed by atoms with Gasteiger partial charge in [0.05, 0.1) is 33.8 Å². The predicted molar refractivity (Wildman–Crippen MR) is 129 cm³/mol. The van der Waals surface area contributed by atoms with Gasteiger partial charge in [0.2, 0.25) is 5.91 Å². The zero-order chi connectivity index (χ0) is 23.2. The van der Waals surface area contributed by atoms with E-state index in [9.17, 15) is 4.79 Å². The lowest BCUT2D eigenvalue weighted by Crippen LogP contribution is -2.31. The van der Waals surface area contributed by atoms with E-state index in [2.05, 4.69) is 4.98 Å². The lowest BCUT2D eigenvalue weighted by Gasteiger charge is -2.20. The number of hydrogen-bond acceptors (Lipinski definition) is 7. The lowest BCUT2D eigenvalue weighted by molar-refractivity contribution is -0.118. The van der Waals surface area contributed by atoms with Crippen LogP contribution in [0, 0.1) is 0 Å². The van der Waals surface area contributed by atoms with Gasteiger partial charge in [-0.2, -0.15) is 0 Å². The highest BCUT2D eigenvalue weighted by Gasteiger charge is 2.23. The summed E-state index contributed by atoms with van der Waals surface area (Å²) < 4.78 is 17.3. The van der Waals surface area contributed by atoms with E-state index in [-0.39, 0.29) is 12.3 Å². The zero-order valence-electron chi connectivity index (χ0n) is 18.8. The van der Waals surface area contributed by atoms with Crippen LogP contribution >= 0.6 is 11.3 Å². The van der Waals surface area contributed by atoms with Gasteiger partial charge in [-0.1, -0.05) is 29.5 Å². The van der Waals surface area contributed by atoms with Crippen molar-refractivity contribution in [3.8, 4) is 17.2 Å². The fourth-order valence-corrected chi connectivity index (χ4v) is 4.56. The number of aromatic nitrogens is 2. The Labute approximate surface area is 196 Å². The molecule has 8 heteroatoms. The quantitative estimate of drug-likeness (QED) is 0.352. The summed E-state index contributed by atoms with van der Waals surface area (Å²) in [5.41, 5.74) is 2.48. The highest BCUT2D eigenvalue weighted by Crippen LogP contribution is 2.40. The van der Waals surface area contributed by atoms with Crippen LogP contribution < -0.4 is 19.1 Å². The minimum absolute atomic E-state index is 0.0694. The third-order valence-electron chi connectivity index (χ3n) is 5.08. The molecule has 0 radical (unpaired) electrons. The zero-order valence-corrected chi connectivity index (χ0v) is 19.6. The Morgan fingerprint density at radius 2 is 1.76 bits per heavy atom. The Morgan fingerprint density at radius 1 is 1.00 bits per heavy atom. The van der Waals surface area contributed by atoms with Gasteiger partial charge in [-0.05, 0) is 48.4 Å². The Bertz CT molecular complexity index is 1180. The first-order valence-electron chi connectivity index (χ1n) is 10.6. The maximum absolute atomic E-state index is 13.5. The molecule has 0 aliphatic carbocycles. The van der Waals surface area contributed by atoms with Crippen molar-refractivity contribution in [1.82, 2.24) is 9.97 Å². The molecule has 170 valence electrons. The first-order chi connectivity index (χ1) is 16.1. The number of anilines is 1. The Morgan fingerprint density at radius 3 is 2.42 bits per heavy atom. The van der Waals surface area contributed by atoms with Crippen LogP contribution in [-0.4, -0.2) is 36.7 Å². The number of nitrogens with zero attached hydrogens (tertiary/aromatic N) is 3. The van der Waals surface area contributed by atoms with Gasteiger partial charge in [0.25, 0.3) is 0 Å². The van der Waals surface area contributed by atoms with E-state index < -0.39 is 0 Å². The average molecular weight is 464 g/mol. The normalized spacial score (nSPS) is 10.8. The number of carbonyl (C=O) groups is 1. The summed E-state index contributed by atoms with van der Waals surface area (Å²) in [4.78, 5) is 24.1. The minimum atomic E-state index is -0.0694. The standard InChI is InChI=1S/C25H25N3O4S/c1-4-32-19-9-7-17(8-10-19)14-22(29)28(16-18-6-5-13-26-15-18)25-27-23-20(30-2)11-12-21(31-3)24(23)33-25/h5-13,15H,4,14,16H2,1-3H3. The molecule has 0 N–H and O–H groups in total. The third-order valence-corrected chi connectivity index (χ3v) is 6.18. The average Bonchev–Trinajstić information content (AvgIpc) is 3.29. The van der Waals surface area contributed by atoms with Crippen LogP contribution in [0.1, 0.15) is 18.1 Å². The Kier molecular flexibility index (Phi) is 7.04. The van der Waals surface area contributed by atoms with Gasteiger partial charge in [-0.25, -0.2) is 4.98 Å². The molecule has 1 amide bonds. The van der Waals surface area contributed by atoms with Gasteiger partial charge in [-0.15, -0.1) is 0 Å². The highest BCUT2D eigenvalue weighted by molar-refractivity contribution is 7.22. The van der Waals surface area contributed by atoms with Crippen LogP contribution in [0.15, 0.2) is 60.9 Å². The number of pyridine rings is 1. The SMILES string of the molecule is CCOc1ccc(CC(=O)N(Cc2cccnc2)c2nc3c(OC)ccc(OC)c3s2)cc1. The van der Waals surface area contributed by atoms with Gasteiger partial charge >= 0.3 is 0 Å². The third kappa shape index (κ3) is 5.06. The fourth-order valence-electron chi connectivity index (χ4n) is 3.47. The van der Waals surface area contributed by atoms with Crippen molar-refractivity contribution in [2.45, 2.75) is 19.9 Å². The van der Waals surface area contributed by atoms with Crippen LogP contribution in [-0.2, 0) is 17.8 Å². The summed E-state index contributed by atoms with van der Waals surface area (Å²) >= 11 is 1.40. The number of amides is 1. The monoisotopic (exact) mass is 463 g/mol. The number of thiazole rings is 1. The molecular weight excluding hydrogens is 438 g/mol. The molecule has 2 heterocycles. The van der Waals surface area contributed by atoms with Gasteiger partial charge in [0, 0.05) is 12.4 Å². The largest absolute Gasteiger partial charge is 0.495 e. The van der Waals surface area contributed by atoms with Crippen molar-refractivity contribution >= 4 is 32.6 Å². The summed E-state index contributed by atoms with van der Waals surface area (Å²) in [6.45, 7) is 2.89. The Balaban J connectivity index is 1.69. The number of carbonyl (C=O) groups excluding carboxylic acids is 1. The topological polar surface area (TPSA) is 73.8 Å². The van der Waals surface area contributed by atoms with Crippen molar-refractivity contribution in [3.05, 3.63) is 72.1 Å². The molecule has 4 rings (SSSR count). The van der Waals surface area contributed by atoms with E-state index in [4.69, 9.17) is 19.2 Å². The molecule has 0 saturated carbocycles. The molecule has 0 aliphatic heterocycles. The Hall–Kier alpha value is -3.65. The van der Waals surface area contributed by atoms with Crippen LogP contribution in [0.5, 0.6) is 17.2 Å². The van der Waals surface area contributed by atoms with Crippen molar-refractivity contribution in [1.29, 1.82) is 0 Å². The van der Waals surface area contributed by atoms with Crippen LogP contribution in [0.4, 0.5) is 5.13 Å². The molecule has 0 fully saturated rings. The van der Waals surface area contributed by atoms with Crippen molar-refractivity contribution in [2.75, 3.05) is 25.7 Å². The number of rotatable bonds is 9. The van der Waals surface area contributed by atoms with Gasteiger partial charge in [0.1, 0.15) is 27.5 Å². The molecule has 0 aliphatic rings. The first kappa shape index (κ1) is 22.5. The van der Waals surface area contributed by atoms with Crippen LogP contribution in [0.3, 0.4) is 0 Å². The van der Waals surface area contributed by atoms with Crippen molar-refractivity contribution < 1.29 is 19.0 Å². The summed E-state index contributed by atoms with van der Waals surface area (Å²) in [5, 5.41) is 0.576. The van der Waals surface area contributed by atoms with E-state index in [1.807, 2.05) is 55.5 Å². The minimum Gasteiger partial charge on any atom is -0.495 e. The summed E-state index contributed by atoms with van der Waals surface area (Å²) in [5.74, 6) is 2.04. The molecular formula is C25H25N3O4S. The smallest absolute Gasteiger partial charge is 0.233 e. The number of ether oxygens (including phenoxy) is 3. The highest BCUT2D eigenvalue weighted by atomic mass is 32.1. The summed E-state index contributed by atoms with van der Waals surface area (Å²) in [6.07, 6.45) is 3.70. The molecule has 0 spiro atoms. The number of fused-ring (bicyclic) bond motifs is 1. The molecule has 0 bridgehead atoms. The van der Waals surface area contributed by atoms with Gasteiger partial charge in [0.15, 0.2) is 5.13 Å². The number of methoxy groups -OCH3 is 2.